The van der Waals surface area contributed by atoms with Gasteiger partial charge in [-0.1, -0.05) is 29.3 Å². The number of anilines is 1. The molecule has 1 saturated heterocycles. The third kappa shape index (κ3) is 4.24. The maximum absolute atomic E-state index is 13.2. The van der Waals surface area contributed by atoms with Gasteiger partial charge >= 0.3 is 0 Å². The number of rotatable bonds is 4. The number of hydrogen-bond acceptors (Lipinski definition) is 3. The number of halogens is 2. The number of benzene rings is 2. The van der Waals surface area contributed by atoms with Gasteiger partial charge in [-0.2, -0.15) is 5.10 Å². The van der Waals surface area contributed by atoms with E-state index >= 15 is 0 Å². The summed E-state index contributed by atoms with van der Waals surface area (Å²) < 4.78 is 1.91. The molecule has 1 aliphatic rings. The van der Waals surface area contributed by atoms with E-state index in [4.69, 9.17) is 23.2 Å². The van der Waals surface area contributed by atoms with Crippen molar-refractivity contribution >= 4 is 34.8 Å². The normalized spacial score (nSPS) is 14.7. The molecule has 0 radical (unpaired) electrons. The number of aryl methyl sites for hydroxylation is 2. The molecule has 0 bridgehead atoms. The average molecular weight is 443 g/mol. The first-order valence-corrected chi connectivity index (χ1v) is 10.8. The Labute approximate surface area is 186 Å². The molecule has 0 spiro atoms. The molecule has 1 aliphatic heterocycles. The fourth-order valence-corrected chi connectivity index (χ4v) is 4.20. The van der Waals surface area contributed by atoms with E-state index < -0.39 is 0 Å². The van der Waals surface area contributed by atoms with Gasteiger partial charge in [0, 0.05) is 10.9 Å². The molecule has 0 aliphatic carbocycles. The second-order valence-corrected chi connectivity index (χ2v) is 8.57. The Kier molecular flexibility index (Phi) is 6.14. The minimum atomic E-state index is -0.234. The lowest BCUT2D eigenvalue weighted by Gasteiger charge is -2.25. The van der Waals surface area contributed by atoms with Crippen LogP contribution in [0.25, 0.3) is 5.69 Å². The van der Waals surface area contributed by atoms with Crippen LogP contribution in [-0.4, -0.2) is 28.8 Å². The van der Waals surface area contributed by atoms with Crippen molar-refractivity contribution in [2.24, 2.45) is 0 Å². The van der Waals surface area contributed by atoms with Gasteiger partial charge in [0.25, 0.3) is 5.91 Å². The first-order valence-electron chi connectivity index (χ1n) is 10.1. The van der Waals surface area contributed by atoms with Crippen LogP contribution in [0.2, 0.25) is 10.0 Å². The first kappa shape index (κ1) is 20.9. The van der Waals surface area contributed by atoms with E-state index in [2.05, 4.69) is 47.8 Å². The van der Waals surface area contributed by atoms with Crippen LogP contribution >= 0.6 is 23.2 Å². The average Bonchev–Trinajstić information content (AvgIpc) is 3.18. The minimum absolute atomic E-state index is 0.234. The summed E-state index contributed by atoms with van der Waals surface area (Å²) in [4.78, 5) is 13.2. The van der Waals surface area contributed by atoms with E-state index in [1.807, 2.05) is 4.68 Å². The molecule has 1 fully saturated rings. The van der Waals surface area contributed by atoms with Crippen molar-refractivity contribution in [2.45, 2.75) is 32.6 Å². The summed E-state index contributed by atoms with van der Waals surface area (Å²) in [6, 6.07) is 11.3. The first-order chi connectivity index (χ1) is 14.4. The van der Waals surface area contributed by atoms with E-state index in [0.717, 1.165) is 37.3 Å². The third-order valence-corrected chi connectivity index (χ3v) is 6.25. The lowest BCUT2D eigenvalue weighted by molar-refractivity contribution is 0.102. The lowest BCUT2D eigenvalue weighted by Crippen LogP contribution is -2.29. The maximum Gasteiger partial charge on any atom is 0.259 e. The van der Waals surface area contributed by atoms with Gasteiger partial charge in [-0.25, -0.2) is 4.68 Å². The molecule has 156 valence electrons. The quantitative estimate of drug-likeness (QED) is 0.559. The summed E-state index contributed by atoms with van der Waals surface area (Å²) in [7, 11) is 0. The number of nitrogens with one attached hydrogen (secondary N) is 2. The predicted molar refractivity (Wildman–Crippen MR) is 122 cm³/mol. The number of carbonyl (C=O) groups excluding carboxylic acids is 1. The summed E-state index contributed by atoms with van der Waals surface area (Å²) >= 11 is 12.3. The van der Waals surface area contributed by atoms with Crippen LogP contribution in [0.5, 0.6) is 0 Å². The Morgan fingerprint density at radius 1 is 1.10 bits per heavy atom. The minimum Gasteiger partial charge on any atom is -0.320 e. The fourth-order valence-electron chi connectivity index (χ4n) is 3.87. The molecule has 3 aromatic rings. The molecule has 30 heavy (non-hydrogen) atoms. The van der Waals surface area contributed by atoms with Crippen molar-refractivity contribution in [3.8, 4) is 5.69 Å². The molecule has 4 rings (SSSR count). The fraction of sp³-hybridized carbons (Fsp3) is 0.304. The standard InChI is InChI=1S/C23H24Cl2N4O/c1-14-3-5-18(11-15(14)2)29-22(16-7-9-26-10-8-16)19(13-27-29)23(30)28-21-12-17(24)4-6-20(21)25/h3-6,11-13,16,26H,7-10H2,1-2H3,(H,28,30). The van der Waals surface area contributed by atoms with Gasteiger partial charge < -0.3 is 10.6 Å². The maximum atomic E-state index is 13.2. The molecule has 2 heterocycles. The molecule has 7 heteroatoms. The van der Waals surface area contributed by atoms with Gasteiger partial charge in [-0.3, -0.25) is 4.79 Å². The van der Waals surface area contributed by atoms with Crippen molar-refractivity contribution in [2.75, 3.05) is 18.4 Å². The van der Waals surface area contributed by atoms with Crippen LogP contribution in [0.15, 0.2) is 42.6 Å². The molecule has 0 unspecified atom stereocenters. The summed E-state index contributed by atoms with van der Waals surface area (Å²) in [5.74, 6) is 0.00808. The smallest absolute Gasteiger partial charge is 0.259 e. The number of carbonyl (C=O) groups is 1. The number of hydrogen-bond donors (Lipinski definition) is 2. The van der Waals surface area contributed by atoms with Crippen LogP contribution in [-0.2, 0) is 0 Å². The molecule has 2 aromatic carbocycles. The van der Waals surface area contributed by atoms with E-state index in [1.54, 1.807) is 24.4 Å². The second-order valence-electron chi connectivity index (χ2n) is 7.73. The summed E-state index contributed by atoms with van der Waals surface area (Å²) in [6.45, 7) is 6.01. The van der Waals surface area contributed by atoms with Gasteiger partial charge in [0.15, 0.2) is 0 Å². The van der Waals surface area contributed by atoms with E-state index in [-0.39, 0.29) is 11.8 Å². The highest BCUT2D eigenvalue weighted by Gasteiger charge is 2.27. The highest BCUT2D eigenvalue weighted by atomic mass is 35.5. The lowest BCUT2D eigenvalue weighted by atomic mass is 9.91. The zero-order valence-corrected chi connectivity index (χ0v) is 18.5. The Hall–Kier alpha value is -2.34. The number of piperidine rings is 1. The molecule has 1 aromatic heterocycles. The van der Waals surface area contributed by atoms with Gasteiger partial charge in [0.05, 0.1) is 33.9 Å². The summed E-state index contributed by atoms with van der Waals surface area (Å²) in [5.41, 5.74) is 5.38. The van der Waals surface area contributed by atoms with Gasteiger partial charge in [0.2, 0.25) is 0 Å². The van der Waals surface area contributed by atoms with E-state index in [1.165, 1.54) is 11.1 Å². The van der Waals surface area contributed by atoms with Gasteiger partial charge in [-0.05, 0) is 81.2 Å². The van der Waals surface area contributed by atoms with Crippen LogP contribution in [0.1, 0.15) is 45.9 Å². The van der Waals surface area contributed by atoms with Crippen molar-refractivity contribution in [3.05, 3.63) is 75.0 Å². The molecule has 0 saturated carbocycles. The Balaban J connectivity index is 1.75. The third-order valence-electron chi connectivity index (χ3n) is 5.69. The Morgan fingerprint density at radius 3 is 2.60 bits per heavy atom. The summed E-state index contributed by atoms with van der Waals surface area (Å²) in [6.07, 6.45) is 3.56. The van der Waals surface area contributed by atoms with Crippen molar-refractivity contribution < 1.29 is 4.79 Å². The second kappa shape index (κ2) is 8.80. The molecule has 2 N–H and O–H groups in total. The Bertz CT molecular complexity index is 1090. The molecule has 5 nitrogen and oxygen atoms in total. The monoisotopic (exact) mass is 442 g/mol. The molecular weight excluding hydrogens is 419 g/mol. The van der Waals surface area contributed by atoms with Crippen molar-refractivity contribution in [1.82, 2.24) is 15.1 Å². The Morgan fingerprint density at radius 2 is 1.87 bits per heavy atom. The number of aromatic nitrogens is 2. The molecular formula is C23H24Cl2N4O. The largest absolute Gasteiger partial charge is 0.320 e. The summed E-state index contributed by atoms with van der Waals surface area (Å²) in [5, 5.41) is 11.9. The van der Waals surface area contributed by atoms with Crippen molar-refractivity contribution in [1.29, 1.82) is 0 Å². The van der Waals surface area contributed by atoms with Crippen LogP contribution in [0.3, 0.4) is 0 Å². The zero-order valence-electron chi connectivity index (χ0n) is 17.0. The van der Waals surface area contributed by atoms with Crippen LogP contribution in [0.4, 0.5) is 5.69 Å². The number of amides is 1. The van der Waals surface area contributed by atoms with Gasteiger partial charge in [0.1, 0.15) is 0 Å². The van der Waals surface area contributed by atoms with Crippen LogP contribution in [0, 0.1) is 13.8 Å². The van der Waals surface area contributed by atoms with Crippen molar-refractivity contribution in [3.63, 3.8) is 0 Å². The highest BCUT2D eigenvalue weighted by molar-refractivity contribution is 6.35. The number of nitrogens with zero attached hydrogens (tertiary/aromatic N) is 2. The zero-order chi connectivity index (χ0) is 21.3. The highest BCUT2D eigenvalue weighted by Crippen LogP contribution is 2.32. The molecule has 0 atom stereocenters. The van der Waals surface area contributed by atoms with E-state index in [9.17, 15) is 4.79 Å². The van der Waals surface area contributed by atoms with E-state index in [0.29, 0.717) is 21.3 Å². The molecule has 1 amide bonds. The topological polar surface area (TPSA) is 59.0 Å². The van der Waals surface area contributed by atoms with Gasteiger partial charge in [-0.15, -0.1) is 0 Å². The predicted octanol–water partition coefficient (Wildman–Crippen LogP) is 5.52. The SMILES string of the molecule is Cc1ccc(-n2ncc(C(=O)Nc3cc(Cl)ccc3Cl)c2C2CCNCC2)cc1C. The van der Waals surface area contributed by atoms with Crippen LogP contribution < -0.4 is 10.6 Å².